The van der Waals surface area contributed by atoms with Gasteiger partial charge in [-0.2, -0.15) is 4.98 Å². The molecule has 5 nitrogen and oxygen atoms in total. The minimum absolute atomic E-state index is 0.0289. The Morgan fingerprint density at radius 2 is 2.25 bits per heavy atom. The van der Waals surface area contributed by atoms with Gasteiger partial charge in [-0.25, -0.2) is 4.39 Å². The summed E-state index contributed by atoms with van der Waals surface area (Å²) in [5.41, 5.74) is 6.44. The number of hydrogen-bond donors (Lipinski definition) is 1. The van der Waals surface area contributed by atoms with Gasteiger partial charge in [0, 0.05) is 11.6 Å². The fourth-order valence-corrected chi connectivity index (χ4v) is 2.21. The van der Waals surface area contributed by atoms with Crippen LogP contribution in [0.2, 0.25) is 0 Å². The van der Waals surface area contributed by atoms with Crippen LogP contribution in [0.15, 0.2) is 34.9 Å². The lowest BCUT2D eigenvalue weighted by molar-refractivity contribution is 0.364. The normalized spacial score (nSPS) is 21.4. The van der Waals surface area contributed by atoms with Crippen LogP contribution in [0.25, 0.3) is 11.4 Å². The molecule has 6 heteroatoms. The molecular formula is C14H14FN3O2. The van der Waals surface area contributed by atoms with Crippen molar-refractivity contribution in [2.45, 2.75) is 18.4 Å². The Morgan fingerprint density at radius 1 is 1.40 bits per heavy atom. The van der Waals surface area contributed by atoms with Crippen LogP contribution in [0.4, 0.5) is 4.39 Å². The maximum absolute atomic E-state index is 13.4. The summed E-state index contributed by atoms with van der Waals surface area (Å²) in [7, 11) is 1.41. The summed E-state index contributed by atoms with van der Waals surface area (Å²) in [6, 6.07) is 4.47. The lowest BCUT2D eigenvalue weighted by Gasteiger charge is -2.03. The molecule has 0 saturated heterocycles. The maximum Gasteiger partial charge on any atom is 0.233 e. The van der Waals surface area contributed by atoms with Crippen LogP contribution < -0.4 is 10.5 Å². The summed E-state index contributed by atoms with van der Waals surface area (Å²) >= 11 is 0. The molecule has 104 valence electrons. The van der Waals surface area contributed by atoms with Gasteiger partial charge < -0.3 is 15.0 Å². The average Bonchev–Trinajstić information content (AvgIpc) is 3.08. The smallest absolute Gasteiger partial charge is 0.233 e. The summed E-state index contributed by atoms with van der Waals surface area (Å²) in [5, 5.41) is 3.92. The highest BCUT2D eigenvalue weighted by Gasteiger charge is 2.23. The number of ether oxygens (including phenoxy) is 1. The van der Waals surface area contributed by atoms with Crippen molar-refractivity contribution in [3.05, 3.63) is 42.1 Å². The summed E-state index contributed by atoms with van der Waals surface area (Å²) in [4.78, 5) is 4.34. The number of halogens is 1. The van der Waals surface area contributed by atoms with Crippen LogP contribution in [-0.2, 0) is 0 Å². The van der Waals surface area contributed by atoms with Gasteiger partial charge in [0.15, 0.2) is 11.6 Å². The Hall–Kier alpha value is -2.21. The highest BCUT2D eigenvalue weighted by atomic mass is 19.1. The topological polar surface area (TPSA) is 74.2 Å². The van der Waals surface area contributed by atoms with Crippen LogP contribution in [0.1, 0.15) is 18.2 Å². The van der Waals surface area contributed by atoms with Crippen LogP contribution >= 0.6 is 0 Å². The number of rotatable bonds is 3. The fraction of sp³-hybridized carbons (Fsp3) is 0.286. The summed E-state index contributed by atoms with van der Waals surface area (Å²) in [5.74, 6) is 0.703. The molecule has 2 aromatic rings. The third-order valence-corrected chi connectivity index (χ3v) is 3.28. The van der Waals surface area contributed by atoms with Gasteiger partial charge in [0.1, 0.15) is 0 Å². The van der Waals surface area contributed by atoms with Crippen molar-refractivity contribution < 1.29 is 13.7 Å². The second-order valence-electron chi connectivity index (χ2n) is 4.70. The molecule has 3 rings (SSSR count). The summed E-state index contributed by atoms with van der Waals surface area (Å²) in [6.07, 6.45) is 4.65. The van der Waals surface area contributed by atoms with E-state index in [4.69, 9.17) is 15.0 Å². The zero-order valence-electron chi connectivity index (χ0n) is 10.9. The van der Waals surface area contributed by atoms with E-state index in [9.17, 15) is 4.39 Å². The Bertz CT molecular complexity index is 654. The predicted octanol–water partition coefficient (Wildman–Crippen LogP) is 2.26. The van der Waals surface area contributed by atoms with E-state index in [-0.39, 0.29) is 17.7 Å². The molecule has 2 N–H and O–H groups in total. The zero-order chi connectivity index (χ0) is 14.1. The van der Waals surface area contributed by atoms with Crippen molar-refractivity contribution in [2.75, 3.05) is 7.11 Å². The number of methoxy groups -OCH3 is 1. The first kappa shape index (κ1) is 12.8. The first-order chi connectivity index (χ1) is 9.67. The van der Waals surface area contributed by atoms with Gasteiger partial charge in [-0.3, -0.25) is 0 Å². The van der Waals surface area contributed by atoms with Gasteiger partial charge in [-0.15, -0.1) is 0 Å². The third kappa shape index (κ3) is 2.30. The molecule has 0 bridgehead atoms. The SMILES string of the molecule is COc1cc(-c2noc(C3C=CC(N)C3)n2)ccc1F. The number of benzene rings is 1. The largest absolute Gasteiger partial charge is 0.494 e. The van der Waals surface area contributed by atoms with Crippen LogP contribution in [0.3, 0.4) is 0 Å². The maximum atomic E-state index is 13.4. The number of hydrogen-bond acceptors (Lipinski definition) is 5. The van der Waals surface area contributed by atoms with Gasteiger partial charge in [-0.1, -0.05) is 17.3 Å². The molecule has 1 aliphatic carbocycles. The van der Waals surface area contributed by atoms with E-state index >= 15 is 0 Å². The molecule has 0 amide bonds. The lowest BCUT2D eigenvalue weighted by Crippen LogP contribution is -2.14. The van der Waals surface area contributed by atoms with Gasteiger partial charge in [0.25, 0.3) is 0 Å². The highest BCUT2D eigenvalue weighted by molar-refractivity contribution is 5.57. The van der Waals surface area contributed by atoms with E-state index in [2.05, 4.69) is 10.1 Å². The third-order valence-electron chi connectivity index (χ3n) is 3.28. The molecule has 2 atom stereocenters. The first-order valence-electron chi connectivity index (χ1n) is 6.29. The number of aromatic nitrogens is 2. The van der Waals surface area contributed by atoms with E-state index < -0.39 is 5.82 Å². The number of nitrogens with two attached hydrogens (primary N) is 1. The van der Waals surface area contributed by atoms with Crippen LogP contribution in [0.5, 0.6) is 5.75 Å². The molecule has 2 unspecified atom stereocenters. The van der Waals surface area contributed by atoms with E-state index in [1.54, 1.807) is 12.1 Å². The van der Waals surface area contributed by atoms with Gasteiger partial charge in [0.2, 0.25) is 11.7 Å². The standard InChI is InChI=1S/C14H14FN3O2/c1-19-12-7-8(3-5-11(12)15)13-17-14(20-18-13)9-2-4-10(16)6-9/h2-5,7,9-10H,6,16H2,1H3. The quantitative estimate of drug-likeness (QED) is 0.870. The van der Waals surface area contributed by atoms with E-state index in [0.717, 1.165) is 6.42 Å². The molecule has 1 aliphatic rings. The Labute approximate surface area is 115 Å². The van der Waals surface area contributed by atoms with Crippen molar-refractivity contribution in [2.24, 2.45) is 5.73 Å². The van der Waals surface area contributed by atoms with E-state index in [0.29, 0.717) is 17.3 Å². The Balaban J connectivity index is 1.88. The van der Waals surface area contributed by atoms with Gasteiger partial charge >= 0.3 is 0 Å². The van der Waals surface area contributed by atoms with Crippen molar-refractivity contribution in [3.63, 3.8) is 0 Å². The van der Waals surface area contributed by atoms with Crippen molar-refractivity contribution in [3.8, 4) is 17.1 Å². The number of nitrogens with zero attached hydrogens (tertiary/aromatic N) is 2. The molecule has 1 aromatic heterocycles. The number of allylic oxidation sites excluding steroid dienone is 1. The van der Waals surface area contributed by atoms with Crippen molar-refractivity contribution in [1.29, 1.82) is 0 Å². The summed E-state index contributed by atoms with van der Waals surface area (Å²) in [6.45, 7) is 0. The average molecular weight is 275 g/mol. The van der Waals surface area contributed by atoms with Crippen LogP contribution in [0, 0.1) is 5.82 Å². The Morgan fingerprint density at radius 3 is 2.95 bits per heavy atom. The molecular weight excluding hydrogens is 261 g/mol. The fourth-order valence-electron chi connectivity index (χ4n) is 2.21. The monoisotopic (exact) mass is 275 g/mol. The minimum Gasteiger partial charge on any atom is -0.494 e. The molecule has 1 heterocycles. The molecule has 0 fully saturated rings. The molecule has 20 heavy (non-hydrogen) atoms. The highest BCUT2D eigenvalue weighted by Crippen LogP contribution is 2.29. The molecule has 0 aliphatic heterocycles. The van der Waals surface area contributed by atoms with E-state index in [1.165, 1.54) is 13.2 Å². The van der Waals surface area contributed by atoms with Crippen LogP contribution in [-0.4, -0.2) is 23.3 Å². The molecule has 1 aromatic carbocycles. The molecule has 0 saturated carbocycles. The molecule has 0 spiro atoms. The van der Waals surface area contributed by atoms with Crippen molar-refractivity contribution >= 4 is 0 Å². The Kier molecular flexibility index (Phi) is 3.23. The minimum atomic E-state index is -0.426. The van der Waals surface area contributed by atoms with Gasteiger partial charge in [0.05, 0.1) is 13.0 Å². The summed E-state index contributed by atoms with van der Waals surface area (Å²) < 4.78 is 23.6. The molecule has 0 radical (unpaired) electrons. The first-order valence-corrected chi connectivity index (χ1v) is 6.29. The van der Waals surface area contributed by atoms with Crippen molar-refractivity contribution in [1.82, 2.24) is 10.1 Å². The van der Waals surface area contributed by atoms with E-state index in [1.807, 2.05) is 12.2 Å². The van der Waals surface area contributed by atoms with Gasteiger partial charge in [-0.05, 0) is 24.6 Å². The predicted molar refractivity (Wildman–Crippen MR) is 70.7 cm³/mol. The zero-order valence-corrected chi connectivity index (χ0v) is 10.9. The second kappa shape index (κ2) is 5.05. The second-order valence-corrected chi connectivity index (χ2v) is 4.70. The lowest BCUT2D eigenvalue weighted by atomic mass is 10.1.